The van der Waals surface area contributed by atoms with Gasteiger partial charge in [-0.25, -0.2) is 4.98 Å². The second-order valence-corrected chi connectivity index (χ2v) is 6.63. The fourth-order valence-electron chi connectivity index (χ4n) is 3.62. The van der Waals surface area contributed by atoms with Gasteiger partial charge in [-0.2, -0.15) is 5.10 Å². The van der Waals surface area contributed by atoms with Crippen molar-refractivity contribution in [3.63, 3.8) is 0 Å². The SMILES string of the molecule is CCn1cc(CN2CCn3c(C(=O)N4CCCC4)cnc3C2)cn1. The third-order valence-corrected chi connectivity index (χ3v) is 4.97. The summed E-state index contributed by atoms with van der Waals surface area (Å²) in [6.45, 7) is 8.17. The van der Waals surface area contributed by atoms with Crippen molar-refractivity contribution in [1.82, 2.24) is 29.1 Å². The normalized spacial score (nSPS) is 18.1. The molecule has 0 aromatic carbocycles. The van der Waals surface area contributed by atoms with Crippen molar-refractivity contribution in [3.05, 3.63) is 35.7 Å². The van der Waals surface area contributed by atoms with E-state index in [1.54, 1.807) is 6.20 Å². The van der Waals surface area contributed by atoms with Crippen LogP contribution in [0.1, 0.15) is 41.6 Å². The Hall–Kier alpha value is -2.15. The van der Waals surface area contributed by atoms with Crippen molar-refractivity contribution in [2.75, 3.05) is 19.6 Å². The first-order valence-electron chi connectivity index (χ1n) is 8.82. The van der Waals surface area contributed by atoms with Crippen LogP contribution < -0.4 is 0 Å². The van der Waals surface area contributed by atoms with Crippen LogP contribution in [0.5, 0.6) is 0 Å². The highest BCUT2D eigenvalue weighted by molar-refractivity contribution is 5.92. The Bertz CT molecular complexity index is 727. The number of aromatic nitrogens is 4. The summed E-state index contributed by atoms with van der Waals surface area (Å²) < 4.78 is 4.06. The zero-order valence-electron chi connectivity index (χ0n) is 14.2. The largest absolute Gasteiger partial charge is 0.337 e. The highest BCUT2D eigenvalue weighted by atomic mass is 16.2. The van der Waals surface area contributed by atoms with Crippen LogP contribution in [0.4, 0.5) is 0 Å². The van der Waals surface area contributed by atoms with Crippen molar-refractivity contribution in [2.24, 2.45) is 0 Å². The number of fused-ring (bicyclic) bond motifs is 1. The second-order valence-electron chi connectivity index (χ2n) is 6.63. The summed E-state index contributed by atoms with van der Waals surface area (Å²) in [5, 5.41) is 4.33. The number of aryl methyl sites for hydroxylation is 1. The first-order chi connectivity index (χ1) is 11.7. The Labute approximate surface area is 141 Å². The zero-order chi connectivity index (χ0) is 16.5. The van der Waals surface area contributed by atoms with E-state index in [9.17, 15) is 4.79 Å². The van der Waals surface area contributed by atoms with E-state index < -0.39 is 0 Å². The summed E-state index contributed by atoms with van der Waals surface area (Å²) in [6, 6.07) is 0. The third kappa shape index (κ3) is 2.84. The van der Waals surface area contributed by atoms with Gasteiger partial charge >= 0.3 is 0 Å². The fraction of sp³-hybridized carbons (Fsp3) is 0.588. The minimum Gasteiger partial charge on any atom is -0.337 e. The van der Waals surface area contributed by atoms with Crippen molar-refractivity contribution in [2.45, 2.75) is 45.9 Å². The van der Waals surface area contributed by atoms with Crippen LogP contribution in [0.2, 0.25) is 0 Å². The molecule has 0 saturated carbocycles. The molecule has 4 rings (SSSR count). The maximum Gasteiger partial charge on any atom is 0.272 e. The molecule has 0 N–H and O–H groups in total. The number of amides is 1. The Morgan fingerprint density at radius 1 is 1.17 bits per heavy atom. The highest BCUT2D eigenvalue weighted by Crippen LogP contribution is 2.19. The standard InChI is InChI=1S/C17H24N6O/c1-2-22-12-14(9-19-22)11-20-7-8-23-15(10-18-16(23)13-20)17(24)21-5-3-4-6-21/h9-10,12H,2-8,11,13H2,1H3. The van der Waals surface area contributed by atoms with Gasteiger partial charge in [0.25, 0.3) is 5.91 Å². The van der Waals surface area contributed by atoms with Gasteiger partial charge in [-0.15, -0.1) is 0 Å². The molecule has 0 spiro atoms. The maximum absolute atomic E-state index is 12.6. The van der Waals surface area contributed by atoms with Crippen LogP contribution in [-0.4, -0.2) is 54.7 Å². The van der Waals surface area contributed by atoms with E-state index in [0.717, 1.165) is 70.2 Å². The molecule has 0 unspecified atom stereocenters. The molecule has 2 aromatic rings. The average Bonchev–Trinajstić information content (AvgIpc) is 3.34. The predicted molar refractivity (Wildman–Crippen MR) is 89.4 cm³/mol. The predicted octanol–water partition coefficient (Wildman–Crippen LogP) is 1.35. The average molecular weight is 328 g/mol. The van der Waals surface area contributed by atoms with E-state index in [1.165, 1.54) is 5.56 Å². The molecule has 1 amide bonds. The van der Waals surface area contributed by atoms with Crippen molar-refractivity contribution in [1.29, 1.82) is 0 Å². The number of hydrogen-bond donors (Lipinski definition) is 0. The van der Waals surface area contributed by atoms with E-state index in [-0.39, 0.29) is 5.91 Å². The lowest BCUT2D eigenvalue weighted by atomic mass is 10.2. The van der Waals surface area contributed by atoms with Crippen LogP contribution in [0.3, 0.4) is 0 Å². The van der Waals surface area contributed by atoms with Crippen molar-refractivity contribution in [3.8, 4) is 0 Å². The summed E-state index contributed by atoms with van der Waals surface area (Å²) in [7, 11) is 0. The van der Waals surface area contributed by atoms with E-state index in [1.807, 2.05) is 15.8 Å². The van der Waals surface area contributed by atoms with Gasteiger partial charge in [0, 0.05) is 51.0 Å². The number of likely N-dealkylation sites (tertiary alicyclic amines) is 1. The van der Waals surface area contributed by atoms with E-state index in [4.69, 9.17) is 0 Å². The lowest BCUT2D eigenvalue weighted by Crippen LogP contribution is -2.36. The van der Waals surface area contributed by atoms with Gasteiger partial charge in [0.2, 0.25) is 0 Å². The van der Waals surface area contributed by atoms with Gasteiger partial charge in [0.05, 0.1) is 18.9 Å². The molecule has 24 heavy (non-hydrogen) atoms. The Kier molecular flexibility index (Phi) is 4.10. The number of imidazole rings is 1. The summed E-state index contributed by atoms with van der Waals surface area (Å²) in [6.07, 6.45) is 8.03. The quantitative estimate of drug-likeness (QED) is 0.850. The molecule has 7 heteroatoms. The molecular formula is C17H24N6O. The molecule has 2 aromatic heterocycles. The summed E-state index contributed by atoms with van der Waals surface area (Å²) in [4.78, 5) is 21.5. The minimum absolute atomic E-state index is 0.143. The van der Waals surface area contributed by atoms with Gasteiger partial charge in [-0.05, 0) is 19.8 Å². The first-order valence-corrected chi connectivity index (χ1v) is 8.82. The molecule has 0 atom stereocenters. The molecular weight excluding hydrogens is 304 g/mol. The molecule has 2 aliphatic rings. The number of hydrogen-bond acceptors (Lipinski definition) is 4. The third-order valence-electron chi connectivity index (χ3n) is 4.97. The first kappa shape index (κ1) is 15.4. The lowest BCUT2D eigenvalue weighted by molar-refractivity contribution is 0.0777. The zero-order valence-corrected chi connectivity index (χ0v) is 14.2. The number of rotatable bonds is 4. The van der Waals surface area contributed by atoms with Crippen molar-refractivity contribution >= 4 is 5.91 Å². The van der Waals surface area contributed by atoms with E-state index >= 15 is 0 Å². The molecule has 1 saturated heterocycles. The molecule has 0 bridgehead atoms. The van der Waals surface area contributed by atoms with Crippen LogP contribution in [0.25, 0.3) is 0 Å². The molecule has 2 aliphatic heterocycles. The Balaban J connectivity index is 1.45. The number of carbonyl (C=O) groups excluding carboxylic acids is 1. The molecule has 1 fully saturated rings. The smallest absolute Gasteiger partial charge is 0.272 e. The summed E-state index contributed by atoms with van der Waals surface area (Å²) in [5.41, 5.74) is 1.98. The molecule has 0 aliphatic carbocycles. The monoisotopic (exact) mass is 328 g/mol. The second kappa shape index (κ2) is 6.39. The van der Waals surface area contributed by atoms with Gasteiger partial charge in [-0.3, -0.25) is 14.4 Å². The molecule has 128 valence electrons. The maximum atomic E-state index is 12.6. The topological polar surface area (TPSA) is 59.2 Å². The van der Waals surface area contributed by atoms with Crippen molar-refractivity contribution < 1.29 is 4.79 Å². The minimum atomic E-state index is 0.143. The van der Waals surface area contributed by atoms with Crippen LogP contribution in [0.15, 0.2) is 18.6 Å². The van der Waals surface area contributed by atoms with Crippen LogP contribution >= 0.6 is 0 Å². The lowest BCUT2D eigenvalue weighted by Gasteiger charge is -2.28. The number of carbonyl (C=O) groups is 1. The Morgan fingerprint density at radius 3 is 2.75 bits per heavy atom. The van der Waals surface area contributed by atoms with E-state index in [2.05, 4.69) is 32.7 Å². The summed E-state index contributed by atoms with van der Waals surface area (Å²) >= 11 is 0. The van der Waals surface area contributed by atoms with Crippen LogP contribution in [-0.2, 0) is 26.2 Å². The van der Waals surface area contributed by atoms with Gasteiger partial charge in [0.1, 0.15) is 11.5 Å². The van der Waals surface area contributed by atoms with Gasteiger partial charge < -0.3 is 9.47 Å². The molecule has 4 heterocycles. The molecule has 0 radical (unpaired) electrons. The van der Waals surface area contributed by atoms with Gasteiger partial charge in [0.15, 0.2) is 0 Å². The number of nitrogens with zero attached hydrogens (tertiary/aromatic N) is 6. The fourth-order valence-corrected chi connectivity index (χ4v) is 3.62. The van der Waals surface area contributed by atoms with Crippen LogP contribution in [0, 0.1) is 0 Å². The highest BCUT2D eigenvalue weighted by Gasteiger charge is 2.27. The molecule has 7 nitrogen and oxygen atoms in total. The summed E-state index contributed by atoms with van der Waals surface area (Å²) in [5.74, 6) is 1.13. The van der Waals surface area contributed by atoms with E-state index in [0.29, 0.717) is 0 Å². The van der Waals surface area contributed by atoms with Gasteiger partial charge in [-0.1, -0.05) is 0 Å². The Morgan fingerprint density at radius 2 is 2.00 bits per heavy atom.